The maximum absolute atomic E-state index is 12.7. The van der Waals surface area contributed by atoms with Crippen LogP contribution >= 0.6 is 0 Å². The third-order valence-corrected chi connectivity index (χ3v) is 7.46. The van der Waals surface area contributed by atoms with E-state index in [1.165, 1.54) is 65.1 Å². The number of benzene rings is 3. The zero-order valence-electron chi connectivity index (χ0n) is 19.4. The maximum atomic E-state index is 12.7. The molecule has 1 amide bonds. The summed E-state index contributed by atoms with van der Waals surface area (Å²) < 4.78 is 32.1. The number of hydrazone groups is 1. The number of nitro groups is 1. The predicted molar refractivity (Wildman–Crippen MR) is 134 cm³/mol. The summed E-state index contributed by atoms with van der Waals surface area (Å²) in [5.74, 6) is -1.10. The van der Waals surface area contributed by atoms with E-state index in [9.17, 15) is 28.1 Å². The Morgan fingerprint density at radius 1 is 0.973 bits per heavy atom. The van der Waals surface area contributed by atoms with Gasteiger partial charge in [-0.15, -0.1) is 0 Å². The third-order valence-electron chi connectivity index (χ3n) is 5.56. The zero-order chi connectivity index (χ0) is 26.4. The van der Waals surface area contributed by atoms with Gasteiger partial charge in [-0.1, -0.05) is 12.1 Å². The smallest absolute Gasteiger partial charge is 0.343 e. The van der Waals surface area contributed by atoms with Crippen LogP contribution in [0, 0.1) is 10.1 Å². The van der Waals surface area contributed by atoms with Crippen LogP contribution in [0.25, 0.3) is 0 Å². The summed E-state index contributed by atoms with van der Waals surface area (Å²) in [6, 6.07) is 17.2. The monoisotopic (exact) mass is 522 g/mol. The molecule has 0 atom stereocenters. The van der Waals surface area contributed by atoms with Gasteiger partial charge < -0.3 is 4.74 Å². The van der Waals surface area contributed by atoms with Crippen LogP contribution in [-0.4, -0.2) is 48.8 Å². The molecule has 0 aliphatic carbocycles. The van der Waals surface area contributed by atoms with Crippen LogP contribution < -0.4 is 10.2 Å². The number of hydrogen-bond acceptors (Lipinski definition) is 8. The van der Waals surface area contributed by atoms with Gasteiger partial charge in [0.25, 0.3) is 11.6 Å². The molecule has 1 heterocycles. The number of sulfonamides is 1. The van der Waals surface area contributed by atoms with E-state index in [0.29, 0.717) is 18.7 Å². The lowest BCUT2D eigenvalue weighted by molar-refractivity contribution is -0.384. The van der Waals surface area contributed by atoms with E-state index in [1.54, 1.807) is 12.1 Å². The Morgan fingerprint density at radius 2 is 1.65 bits per heavy atom. The van der Waals surface area contributed by atoms with Crippen LogP contribution in [0.2, 0.25) is 0 Å². The molecule has 1 aliphatic rings. The molecule has 3 aromatic rings. The Bertz CT molecular complexity index is 1460. The van der Waals surface area contributed by atoms with E-state index in [-0.39, 0.29) is 27.5 Å². The Kier molecular flexibility index (Phi) is 7.70. The number of ether oxygens (including phenoxy) is 1. The highest BCUT2D eigenvalue weighted by Crippen LogP contribution is 2.22. The minimum absolute atomic E-state index is 0.0415. The molecule has 0 radical (unpaired) electrons. The molecule has 0 unspecified atom stereocenters. The topological polar surface area (TPSA) is 148 Å². The molecule has 0 aromatic heterocycles. The number of non-ortho nitro benzene ring substituents is 1. The molecule has 1 saturated heterocycles. The normalized spacial score (nSPS) is 13.9. The zero-order valence-corrected chi connectivity index (χ0v) is 20.3. The number of hydrogen-bond donors (Lipinski definition) is 1. The Labute approximate surface area is 212 Å². The summed E-state index contributed by atoms with van der Waals surface area (Å²) in [6.07, 6.45) is 3.00. The van der Waals surface area contributed by atoms with Crippen molar-refractivity contribution >= 4 is 33.8 Å². The third kappa shape index (κ3) is 6.23. The number of nitrogens with zero attached hydrogens (tertiary/aromatic N) is 3. The van der Waals surface area contributed by atoms with Gasteiger partial charge in [0.2, 0.25) is 10.0 Å². The molecule has 12 heteroatoms. The van der Waals surface area contributed by atoms with Crippen molar-refractivity contribution in [3.63, 3.8) is 0 Å². The van der Waals surface area contributed by atoms with Gasteiger partial charge in [-0.05, 0) is 66.9 Å². The highest BCUT2D eigenvalue weighted by atomic mass is 32.2. The van der Waals surface area contributed by atoms with Gasteiger partial charge in [0.1, 0.15) is 5.75 Å². The maximum Gasteiger partial charge on any atom is 0.343 e. The van der Waals surface area contributed by atoms with Gasteiger partial charge in [0.05, 0.1) is 21.6 Å². The number of rotatable bonds is 8. The lowest BCUT2D eigenvalue weighted by Crippen LogP contribution is -2.28. The largest absolute Gasteiger partial charge is 0.423 e. The average molecular weight is 523 g/mol. The van der Waals surface area contributed by atoms with E-state index in [2.05, 4.69) is 10.5 Å². The second kappa shape index (κ2) is 11.1. The molecule has 4 rings (SSSR count). The first-order chi connectivity index (χ1) is 17.7. The van der Waals surface area contributed by atoms with Crippen molar-refractivity contribution in [2.75, 3.05) is 13.1 Å². The van der Waals surface area contributed by atoms with Crippen molar-refractivity contribution in [3.8, 4) is 5.75 Å². The van der Waals surface area contributed by atoms with Gasteiger partial charge in [0, 0.05) is 30.8 Å². The van der Waals surface area contributed by atoms with Gasteiger partial charge >= 0.3 is 5.97 Å². The highest BCUT2D eigenvalue weighted by molar-refractivity contribution is 7.89. The summed E-state index contributed by atoms with van der Waals surface area (Å²) in [6.45, 7) is 0.936. The molecular weight excluding hydrogens is 500 g/mol. The van der Waals surface area contributed by atoms with Gasteiger partial charge in [-0.25, -0.2) is 18.6 Å². The SMILES string of the molecule is O=C(N/N=C\c1ccc(OC(=O)c2cccc([N+](=O)[O-])c2)cc1)c1cccc(S(=O)(=O)N2CCCC2)c1. The van der Waals surface area contributed by atoms with E-state index in [4.69, 9.17) is 4.74 Å². The summed E-state index contributed by atoms with van der Waals surface area (Å²) in [7, 11) is -3.65. The molecule has 1 fully saturated rings. The minimum Gasteiger partial charge on any atom is -0.423 e. The average Bonchev–Trinajstić information content (AvgIpc) is 3.46. The van der Waals surface area contributed by atoms with Gasteiger partial charge in [-0.3, -0.25) is 14.9 Å². The van der Waals surface area contributed by atoms with Crippen molar-refractivity contribution in [1.82, 2.24) is 9.73 Å². The van der Waals surface area contributed by atoms with Crippen LogP contribution in [0.4, 0.5) is 5.69 Å². The molecule has 0 saturated carbocycles. The molecule has 0 bridgehead atoms. The summed E-state index contributed by atoms with van der Waals surface area (Å²) in [5, 5.41) is 14.8. The van der Waals surface area contributed by atoms with Crippen LogP contribution in [0.5, 0.6) is 5.75 Å². The van der Waals surface area contributed by atoms with E-state index in [0.717, 1.165) is 18.9 Å². The Balaban J connectivity index is 1.35. The summed E-state index contributed by atoms with van der Waals surface area (Å²) in [4.78, 5) is 35.1. The van der Waals surface area contributed by atoms with E-state index in [1.807, 2.05) is 0 Å². The first kappa shape index (κ1) is 25.7. The molecule has 1 N–H and O–H groups in total. The van der Waals surface area contributed by atoms with Crippen LogP contribution in [0.1, 0.15) is 39.1 Å². The first-order valence-electron chi connectivity index (χ1n) is 11.2. The summed E-state index contributed by atoms with van der Waals surface area (Å²) in [5.41, 5.74) is 2.92. The molecule has 1 aliphatic heterocycles. The molecular formula is C25H22N4O7S. The van der Waals surface area contributed by atoms with Crippen LogP contribution in [0.3, 0.4) is 0 Å². The molecule has 37 heavy (non-hydrogen) atoms. The lowest BCUT2D eigenvalue weighted by atomic mass is 10.2. The van der Waals surface area contributed by atoms with Crippen molar-refractivity contribution < 1.29 is 27.7 Å². The number of carbonyl (C=O) groups excluding carboxylic acids is 2. The molecule has 3 aromatic carbocycles. The summed E-state index contributed by atoms with van der Waals surface area (Å²) >= 11 is 0. The fourth-order valence-electron chi connectivity index (χ4n) is 3.64. The van der Waals surface area contributed by atoms with E-state index >= 15 is 0 Å². The number of nitro benzene ring substituents is 1. The van der Waals surface area contributed by atoms with Crippen LogP contribution in [0.15, 0.2) is 82.8 Å². The van der Waals surface area contributed by atoms with Crippen molar-refractivity contribution in [2.45, 2.75) is 17.7 Å². The number of nitrogens with one attached hydrogen (secondary N) is 1. The van der Waals surface area contributed by atoms with Gasteiger partial charge in [-0.2, -0.15) is 9.41 Å². The Morgan fingerprint density at radius 3 is 2.35 bits per heavy atom. The first-order valence-corrected chi connectivity index (χ1v) is 12.7. The highest BCUT2D eigenvalue weighted by Gasteiger charge is 2.27. The lowest BCUT2D eigenvalue weighted by Gasteiger charge is -2.15. The van der Waals surface area contributed by atoms with Crippen LogP contribution in [-0.2, 0) is 10.0 Å². The molecule has 190 valence electrons. The minimum atomic E-state index is -3.65. The predicted octanol–water partition coefficient (Wildman–Crippen LogP) is 3.36. The van der Waals surface area contributed by atoms with Crippen molar-refractivity contribution in [1.29, 1.82) is 0 Å². The number of esters is 1. The second-order valence-corrected chi connectivity index (χ2v) is 10.0. The molecule has 11 nitrogen and oxygen atoms in total. The standard InChI is InChI=1S/C25H22N4O7S/c30-24(19-5-4-8-23(16-19)37(34,35)28-13-1-2-14-28)27-26-17-18-9-11-22(12-10-18)36-25(31)20-6-3-7-21(15-20)29(32)33/h3-12,15-17H,1-2,13-14H2,(H,27,30)/b26-17-. The number of carbonyl (C=O) groups is 2. The van der Waals surface area contributed by atoms with Gasteiger partial charge in [0.15, 0.2) is 0 Å². The number of amides is 1. The molecule has 0 spiro atoms. The van der Waals surface area contributed by atoms with Crippen molar-refractivity contribution in [2.24, 2.45) is 5.10 Å². The van der Waals surface area contributed by atoms with E-state index < -0.39 is 26.8 Å². The van der Waals surface area contributed by atoms with Crippen molar-refractivity contribution in [3.05, 3.63) is 99.6 Å². The fraction of sp³-hybridized carbons (Fsp3) is 0.160. The second-order valence-electron chi connectivity index (χ2n) is 8.10. The Hall–Kier alpha value is -4.42. The quantitative estimate of drug-likeness (QED) is 0.157. The fourth-order valence-corrected chi connectivity index (χ4v) is 5.20.